The first-order chi connectivity index (χ1) is 12.9. The van der Waals surface area contributed by atoms with Crippen LogP contribution in [0.4, 0.5) is 16.4 Å². The van der Waals surface area contributed by atoms with E-state index in [4.69, 9.17) is 16.0 Å². The van der Waals surface area contributed by atoms with Crippen LogP contribution in [0.1, 0.15) is 19.6 Å². The van der Waals surface area contributed by atoms with Gasteiger partial charge in [-0.3, -0.25) is 14.9 Å². The predicted octanol–water partition coefficient (Wildman–Crippen LogP) is 3.45. The molecule has 7 nitrogen and oxygen atoms in total. The minimum absolute atomic E-state index is 0.199. The number of carbonyl (C=O) groups excluding carboxylic acids is 3. The fourth-order valence-electron chi connectivity index (χ4n) is 2.77. The Labute approximate surface area is 161 Å². The highest BCUT2D eigenvalue weighted by molar-refractivity contribution is 6.39. The highest BCUT2D eigenvalue weighted by Crippen LogP contribution is 2.26. The largest absolute Gasteiger partial charge is 0.441 e. The molecule has 4 amide bonds. The second-order valence-corrected chi connectivity index (χ2v) is 6.22. The number of hydrogen-bond acceptors (Lipinski definition) is 5. The molecule has 1 N–H and O–H groups in total. The molecule has 3 rings (SSSR count). The lowest BCUT2D eigenvalue weighted by molar-refractivity contribution is -0.122. The Kier molecular flexibility index (Phi) is 5.32. The third-order valence-electron chi connectivity index (χ3n) is 4.14. The first kappa shape index (κ1) is 18.7. The van der Waals surface area contributed by atoms with E-state index in [-0.39, 0.29) is 11.3 Å². The van der Waals surface area contributed by atoms with Crippen molar-refractivity contribution < 1.29 is 18.8 Å². The van der Waals surface area contributed by atoms with Crippen LogP contribution >= 0.6 is 11.6 Å². The number of anilines is 2. The fraction of sp³-hybridized carbons (Fsp3) is 0.211. The van der Waals surface area contributed by atoms with E-state index in [1.807, 2.05) is 18.7 Å². The fourth-order valence-corrected chi connectivity index (χ4v) is 2.96. The molecule has 0 aliphatic carbocycles. The number of barbiturate groups is 1. The topological polar surface area (TPSA) is 82.9 Å². The van der Waals surface area contributed by atoms with Crippen molar-refractivity contribution in [1.29, 1.82) is 0 Å². The van der Waals surface area contributed by atoms with Crippen molar-refractivity contribution in [2.45, 2.75) is 13.8 Å². The lowest BCUT2D eigenvalue weighted by Crippen LogP contribution is -2.54. The average molecular weight is 388 g/mol. The molecular formula is C19H18ClN3O4. The molecule has 1 aliphatic heterocycles. The minimum atomic E-state index is -0.826. The van der Waals surface area contributed by atoms with Crippen LogP contribution in [0.2, 0.25) is 5.02 Å². The van der Waals surface area contributed by atoms with Gasteiger partial charge < -0.3 is 9.32 Å². The van der Waals surface area contributed by atoms with Crippen molar-refractivity contribution in [3.05, 3.63) is 52.8 Å². The molecule has 1 fully saturated rings. The molecule has 2 aromatic rings. The van der Waals surface area contributed by atoms with Crippen LogP contribution in [0.5, 0.6) is 0 Å². The Balaban J connectivity index is 1.95. The van der Waals surface area contributed by atoms with Crippen molar-refractivity contribution >= 4 is 47.1 Å². The first-order valence-corrected chi connectivity index (χ1v) is 8.84. The summed E-state index contributed by atoms with van der Waals surface area (Å²) in [6.45, 7) is 5.51. The number of amides is 4. The number of nitrogens with zero attached hydrogens (tertiary/aromatic N) is 2. The van der Waals surface area contributed by atoms with Gasteiger partial charge in [-0.1, -0.05) is 17.7 Å². The van der Waals surface area contributed by atoms with Crippen LogP contribution in [0, 0.1) is 0 Å². The van der Waals surface area contributed by atoms with Gasteiger partial charge in [0.1, 0.15) is 11.3 Å². The number of hydrogen-bond donors (Lipinski definition) is 1. The zero-order chi connectivity index (χ0) is 19.6. The van der Waals surface area contributed by atoms with Crippen LogP contribution in [-0.2, 0) is 9.59 Å². The van der Waals surface area contributed by atoms with E-state index in [1.54, 1.807) is 30.3 Å². The number of carbonyl (C=O) groups is 3. The summed E-state index contributed by atoms with van der Waals surface area (Å²) in [5.74, 6) is -0.537. The molecule has 1 saturated heterocycles. The van der Waals surface area contributed by atoms with E-state index in [0.717, 1.165) is 18.0 Å². The molecule has 1 aromatic heterocycles. The van der Waals surface area contributed by atoms with Gasteiger partial charge in [-0.25, -0.2) is 9.69 Å². The van der Waals surface area contributed by atoms with Crippen LogP contribution < -0.4 is 15.1 Å². The highest BCUT2D eigenvalue weighted by Gasteiger charge is 2.37. The third-order valence-corrected chi connectivity index (χ3v) is 4.38. The second kappa shape index (κ2) is 7.67. The van der Waals surface area contributed by atoms with Crippen molar-refractivity contribution in [2.75, 3.05) is 22.9 Å². The van der Waals surface area contributed by atoms with Crippen LogP contribution in [0.3, 0.4) is 0 Å². The Morgan fingerprint density at radius 1 is 1.15 bits per heavy atom. The monoisotopic (exact) mass is 387 g/mol. The van der Waals surface area contributed by atoms with Gasteiger partial charge in [-0.05, 0) is 44.2 Å². The van der Waals surface area contributed by atoms with E-state index in [1.165, 1.54) is 12.1 Å². The molecular weight excluding hydrogens is 370 g/mol. The lowest BCUT2D eigenvalue weighted by atomic mass is 10.1. The van der Waals surface area contributed by atoms with E-state index in [9.17, 15) is 14.4 Å². The average Bonchev–Trinajstić information content (AvgIpc) is 3.08. The molecule has 0 unspecified atom stereocenters. The van der Waals surface area contributed by atoms with Gasteiger partial charge in [0.05, 0.1) is 5.69 Å². The van der Waals surface area contributed by atoms with E-state index in [2.05, 4.69) is 5.32 Å². The number of nitrogens with one attached hydrogen (secondary N) is 1. The third kappa shape index (κ3) is 3.73. The smallest absolute Gasteiger partial charge is 0.335 e. The van der Waals surface area contributed by atoms with Crippen LogP contribution in [0.25, 0.3) is 6.08 Å². The summed E-state index contributed by atoms with van der Waals surface area (Å²) in [5.41, 5.74) is 0.0710. The molecule has 1 aliphatic rings. The van der Waals surface area contributed by atoms with Crippen LogP contribution in [0.15, 0.2) is 46.4 Å². The molecule has 8 heteroatoms. The number of furan rings is 1. The maximum absolute atomic E-state index is 12.8. The number of imide groups is 2. The molecule has 0 radical (unpaired) electrons. The van der Waals surface area contributed by atoms with Crippen molar-refractivity contribution in [3.63, 3.8) is 0 Å². The summed E-state index contributed by atoms with van der Waals surface area (Å²) in [6.07, 6.45) is 1.33. The standard InChI is InChI=1S/C19H18ClN3O4/c1-3-22(4-2)16-9-8-14(27-16)11-15-17(24)21-19(26)23(18(15)25)13-7-5-6-12(20)10-13/h5-11H,3-4H2,1-2H3,(H,21,24,26)/b15-11+. The van der Waals surface area contributed by atoms with Crippen LogP contribution in [-0.4, -0.2) is 30.9 Å². The molecule has 27 heavy (non-hydrogen) atoms. The Bertz CT molecular complexity index is 931. The first-order valence-electron chi connectivity index (χ1n) is 8.46. The maximum atomic E-state index is 12.8. The second-order valence-electron chi connectivity index (χ2n) is 5.79. The van der Waals surface area contributed by atoms with Gasteiger partial charge in [0.25, 0.3) is 11.8 Å². The number of rotatable bonds is 5. The molecule has 2 heterocycles. The zero-order valence-electron chi connectivity index (χ0n) is 14.9. The van der Waals surface area contributed by atoms with E-state index >= 15 is 0 Å². The lowest BCUT2D eigenvalue weighted by Gasteiger charge is -2.26. The van der Waals surface area contributed by atoms with Gasteiger partial charge in [0, 0.05) is 24.2 Å². The van der Waals surface area contributed by atoms with Gasteiger partial charge in [0.15, 0.2) is 5.88 Å². The van der Waals surface area contributed by atoms with Crippen molar-refractivity contribution in [1.82, 2.24) is 5.32 Å². The summed E-state index contributed by atoms with van der Waals surface area (Å²) in [4.78, 5) is 40.0. The molecule has 1 aromatic carbocycles. The van der Waals surface area contributed by atoms with Crippen molar-refractivity contribution in [3.8, 4) is 0 Å². The highest BCUT2D eigenvalue weighted by atomic mass is 35.5. The minimum Gasteiger partial charge on any atom is -0.441 e. The number of urea groups is 1. The molecule has 0 atom stereocenters. The van der Waals surface area contributed by atoms with E-state index in [0.29, 0.717) is 16.7 Å². The van der Waals surface area contributed by atoms with Gasteiger partial charge >= 0.3 is 6.03 Å². The summed E-state index contributed by atoms with van der Waals surface area (Å²) in [7, 11) is 0. The number of benzene rings is 1. The molecule has 140 valence electrons. The summed E-state index contributed by atoms with van der Waals surface area (Å²) in [5, 5.41) is 2.53. The Morgan fingerprint density at radius 2 is 1.89 bits per heavy atom. The summed E-state index contributed by atoms with van der Waals surface area (Å²) < 4.78 is 5.71. The zero-order valence-corrected chi connectivity index (χ0v) is 15.6. The SMILES string of the molecule is CCN(CC)c1ccc(/C=C2\C(=O)NC(=O)N(c3cccc(Cl)c3)C2=O)o1. The summed E-state index contributed by atoms with van der Waals surface area (Å²) in [6, 6.07) is 8.87. The maximum Gasteiger partial charge on any atom is 0.335 e. The Hall–Kier alpha value is -3.06. The number of halogens is 1. The molecule has 0 bridgehead atoms. The van der Waals surface area contributed by atoms with Gasteiger partial charge in [-0.2, -0.15) is 0 Å². The van der Waals surface area contributed by atoms with Gasteiger partial charge in [0.2, 0.25) is 0 Å². The predicted molar refractivity (Wildman–Crippen MR) is 103 cm³/mol. The van der Waals surface area contributed by atoms with E-state index < -0.39 is 17.8 Å². The Morgan fingerprint density at radius 3 is 2.56 bits per heavy atom. The molecule has 0 saturated carbocycles. The van der Waals surface area contributed by atoms with Crippen molar-refractivity contribution in [2.24, 2.45) is 0 Å². The quantitative estimate of drug-likeness (QED) is 0.627. The normalized spacial score (nSPS) is 16.0. The van der Waals surface area contributed by atoms with Gasteiger partial charge in [-0.15, -0.1) is 0 Å². The summed E-state index contributed by atoms with van der Waals surface area (Å²) >= 11 is 5.94. The molecule has 0 spiro atoms.